The fraction of sp³-hybridized carbons (Fsp3) is 1.00. The van der Waals surface area contributed by atoms with Gasteiger partial charge in [0.05, 0.1) is 6.10 Å². The lowest BCUT2D eigenvalue weighted by Crippen LogP contribution is -2.43. The third kappa shape index (κ3) is 6.24. The van der Waals surface area contributed by atoms with E-state index in [1.165, 1.54) is 6.42 Å². The first kappa shape index (κ1) is 16.9. The van der Waals surface area contributed by atoms with Crippen LogP contribution in [0.1, 0.15) is 46.5 Å². The van der Waals surface area contributed by atoms with Crippen molar-refractivity contribution in [3.63, 3.8) is 0 Å². The molecular formula is C16H34N2O. The van der Waals surface area contributed by atoms with Gasteiger partial charge >= 0.3 is 0 Å². The van der Waals surface area contributed by atoms with Gasteiger partial charge in [-0.25, -0.2) is 0 Å². The van der Waals surface area contributed by atoms with Gasteiger partial charge in [0.2, 0.25) is 0 Å². The zero-order chi connectivity index (χ0) is 14.5. The highest BCUT2D eigenvalue weighted by molar-refractivity contribution is 4.86. The number of hydrogen-bond acceptors (Lipinski definition) is 3. The average molecular weight is 270 g/mol. The first-order valence-corrected chi connectivity index (χ1v) is 7.89. The van der Waals surface area contributed by atoms with E-state index < -0.39 is 0 Å². The van der Waals surface area contributed by atoms with Crippen LogP contribution in [0.5, 0.6) is 0 Å². The monoisotopic (exact) mass is 270 g/mol. The maximum Gasteiger partial charge on any atom is 0.0581 e. The third-order valence-corrected chi connectivity index (χ3v) is 4.37. The molecule has 0 amide bonds. The van der Waals surface area contributed by atoms with Crippen LogP contribution in [0.2, 0.25) is 0 Å². The molecule has 0 aromatic heterocycles. The van der Waals surface area contributed by atoms with Crippen molar-refractivity contribution >= 4 is 0 Å². The zero-order valence-electron chi connectivity index (χ0n) is 13.7. The van der Waals surface area contributed by atoms with Gasteiger partial charge in [0.1, 0.15) is 0 Å². The van der Waals surface area contributed by atoms with E-state index in [0.29, 0.717) is 11.3 Å². The normalized spacial score (nSPS) is 27.2. The second-order valence-electron chi connectivity index (χ2n) is 7.34. The Bertz CT molecular complexity index is 253. The molecule has 3 heteroatoms. The highest BCUT2D eigenvalue weighted by Gasteiger charge is 2.34. The van der Waals surface area contributed by atoms with Gasteiger partial charge in [-0.3, -0.25) is 0 Å². The Hall–Kier alpha value is -0.120. The number of aliphatic hydroxyl groups excluding tert-OH is 1. The van der Waals surface area contributed by atoms with Crippen molar-refractivity contribution in [2.45, 2.75) is 52.6 Å². The summed E-state index contributed by atoms with van der Waals surface area (Å²) in [4.78, 5) is 4.78. The zero-order valence-corrected chi connectivity index (χ0v) is 13.7. The van der Waals surface area contributed by atoms with Crippen LogP contribution in [0, 0.1) is 11.3 Å². The molecule has 1 aliphatic rings. The Labute approximate surface area is 120 Å². The van der Waals surface area contributed by atoms with Crippen molar-refractivity contribution in [1.29, 1.82) is 0 Å². The van der Waals surface area contributed by atoms with Crippen LogP contribution >= 0.6 is 0 Å². The molecule has 19 heavy (non-hydrogen) atoms. The summed E-state index contributed by atoms with van der Waals surface area (Å²) < 4.78 is 0. The molecule has 0 saturated heterocycles. The topological polar surface area (TPSA) is 26.7 Å². The highest BCUT2D eigenvalue weighted by atomic mass is 16.3. The molecule has 1 fully saturated rings. The van der Waals surface area contributed by atoms with E-state index in [-0.39, 0.29) is 6.10 Å². The fourth-order valence-electron chi connectivity index (χ4n) is 3.19. The minimum Gasteiger partial charge on any atom is -0.393 e. The summed E-state index contributed by atoms with van der Waals surface area (Å²) >= 11 is 0. The molecule has 3 nitrogen and oxygen atoms in total. The first-order chi connectivity index (χ1) is 8.84. The van der Waals surface area contributed by atoms with Gasteiger partial charge in [-0.05, 0) is 57.7 Å². The van der Waals surface area contributed by atoms with Gasteiger partial charge in [0.15, 0.2) is 0 Å². The van der Waals surface area contributed by atoms with Crippen LogP contribution in [0.25, 0.3) is 0 Å². The van der Waals surface area contributed by atoms with E-state index in [2.05, 4.69) is 44.7 Å². The maximum atomic E-state index is 10.3. The highest BCUT2D eigenvalue weighted by Crippen LogP contribution is 2.39. The predicted octanol–water partition coefficient (Wildman–Crippen LogP) is 2.45. The predicted molar refractivity (Wildman–Crippen MR) is 82.4 cm³/mol. The van der Waals surface area contributed by atoms with Crippen molar-refractivity contribution in [3.8, 4) is 0 Å². The lowest BCUT2D eigenvalue weighted by molar-refractivity contribution is 0.00351. The Morgan fingerprint density at radius 2 is 1.84 bits per heavy atom. The number of aliphatic hydroxyl groups is 1. The van der Waals surface area contributed by atoms with Gasteiger partial charge in [0.25, 0.3) is 0 Å². The van der Waals surface area contributed by atoms with Crippen LogP contribution < -0.4 is 0 Å². The Morgan fingerprint density at radius 3 is 2.42 bits per heavy atom. The van der Waals surface area contributed by atoms with E-state index >= 15 is 0 Å². The number of likely N-dealkylation sites (N-methyl/N-ethyl adjacent to an activating group) is 1. The summed E-state index contributed by atoms with van der Waals surface area (Å²) in [7, 11) is 4.26. The first-order valence-electron chi connectivity index (χ1n) is 7.89. The molecule has 0 heterocycles. The fourth-order valence-corrected chi connectivity index (χ4v) is 3.19. The van der Waals surface area contributed by atoms with Crippen LogP contribution in [0.3, 0.4) is 0 Å². The molecule has 0 bridgehead atoms. The molecule has 1 aliphatic carbocycles. The van der Waals surface area contributed by atoms with Crippen molar-refractivity contribution in [3.05, 3.63) is 0 Å². The second-order valence-corrected chi connectivity index (χ2v) is 7.34. The number of hydrogen-bond donors (Lipinski definition) is 1. The largest absolute Gasteiger partial charge is 0.393 e. The summed E-state index contributed by atoms with van der Waals surface area (Å²) in [6, 6.07) is 0. The minimum absolute atomic E-state index is 0.0910. The maximum absolute atomic E-state index is 10.3. The number of rotatable bonds is 7. The number of nitrogens with zero attached hydrogens (tertiary/aromatic N) is 2. The minimum atomic E-state index is -0.0910. The smallest absolute Gasteiger partial charge is 0.0581 e. The van der Waals surface area contributed by atoms with Crippen LogP contribution in [-0.4, -0.2) is 61.3 Å². The molecule has 0 aromatic carbocycles. The summed E-state index contributed by atoms with van der Waals surface area (Å²) in [5, 5.41) is 10.3. The molecule has 2 atom stereocenters. The summed E-state index contributed by atoms with van der Waals surface area (Å²) in [5.41, 5.74) is 0.406. The SMILES string of the molecule is CCCN(CCN(C)C)CC1CC(C)(C)CCC1O. The van der Waals surface area contributed by atoms with E-state index in [1.54, 1.807) is 0 Å². The van der Waals surface area contributed by atoms with Crippen LogP contribution in [-0.2, 0) is 0 Å². The van der Waals surface area contributed by atoms with Crippen molar-refractivity contribution < 1.29 is 5.11 Å². The molecule has 0 aromatic rings. The van der Waals surface area contributed by atoms with Gasteiger partial charge in [-0.1, -0.05) is 20.8 Å². The standard InChI is InChI=1S/C16H34N2O/c1-6-9-18(11-10-17(4)5)13-14-12-16(2,3)8-7-15(14)19/h14-15,19H,6-13H2,1-5H3. The quantitative estimate of drug-likeness (QED) is 0.770. The molecule has 2 unspecified atom stereocenters. The second kappa shape index (κ2) is 7.61. The molecule has 1 rings (SSSR count). The van der Waals surface area contributed by atoms with Gasteiger partial charge in [0, 0.05) is 19.6 Å². The molecule has 0 spiro atoms. The van der Waals surface area contributed by atoms with E-state index in [1.807, 2.05) is 0 Å². The van der Waals surface area contributed by atoms with Crippen molar-refractivity contribution in [2.75, 3.05) is 40.3 Å². The Balaban J connectivity index is 2.51. The Morgan fingerprint density at radius 1 is 1.16 bits per heavy atom. The van der Waals surface area contributed by atoms with E-state index in [0.717, 1.165) is 45.4 Å². The molecule has 114 valence electrons. The van der Waals surface area contributed by atoms with Crippen molar-refractivity contribution in [2.24, 2.45) is 11.3 Å². The average Bonchev–Trinajstić information content (AvgIpc) is 2.31. The third-order valence-electron chi connectivity index (χ3n) is 4.37. The van der Waals surface area contributed by atoms with E-state index in [4.69, 9.17) is 0 Å². The van der Waals surface area contributed by atoms with Crippen LogP contribution in [0.15, 0.2) is 0 Å². The molecule has 0 radical (unpaired) electrons. The lowest BCUT2D eigenvalue weighted by Gasteiger charge is -2.40. The van der Waals surface area contributed by atoms with Gasteiger partial charge in [-0.2, -0.15) is 0 Å². The molecular weight excluding hydrogens is 236 g/mol. The Kier molecular flexibility index (Phi) is 6.78. The van der Waals surface area contributed by atoms with E-state index in [9.17, 15) is 5.11 Å². The van der Waals surface area contributed by atoms with Gasteiger partial charge < -0.3 is 14.9 Å². The van der Waals surface area contributed by atoms with Crippen molar-refractivity contribution in [1.82, 2.24) is 9.80 Å². The summed E-state index contributed by atoms with van der Waals surface area (Å²) in [5.74, 6) is 0.456. The van der Waals surface area contributed by atoms with Gasteiger partial charge in [-0.15, -0.1) is 0 Å². The summed E-state index contributed by atoms with van der Waals surface area (Å²) in [6.45, 7) is 11.4. The lowest BCUT2D eigenvalue weighted by atomic mass is 9.70. The molecule has 0 aliphatic heterocycles. The summed E-state index contributed by atoms with van der Waals surface area (Å²) in [6.07, 6.45) is 4.41. The molecule has 1 N–H and O–H groups in total. The van der Waals surface area contributed by atoms with Crippen LogP contribution in [0.4, 0.5) is 0 Å². The molecule has 1 saturated carbocycles.